The first kappa shape index (κ1) is 21.9. The van der Waals surface area contributed by atoms with Gasteiger partial charge < -0.3 is 10.1 Å². The van der Waals surface area contributed by atoms with Gasteiger partial charge in [0.1, 0.15) is 12.4 Å². The Bertz CT molecular complexity index is 961. The average molecular weight is 443 g/mol. The van der Waals surface area contributed by atoms with Gasteiger partial charge in [-0.05, 0) is 36.2 Å². The molecule has 0 unspecified atom stereocenters. The largest absolute Gasteiger partial charge is 0.486 e. The lowest BCUT2D eigenvalue weighted by Crippen LogP contribution is -2.27. The van der Waals surface area contributed by atoms with Crippen LogP contribution in [0.2, 0.25) is 5.02 Å². The van der Waals surface area contributed by atoms with Crippen molar-refractivity contribution < 1.29 is 9.53 Å². The topological polar surface area (TPSA) is 69.0 Å². The first-order valence-corrected chi connectivity index (χ1v) is 10.9. The number of rotatable bonds is 11. The van der Waals surface area contributed by atoms with E-state index in [-0.39, 0.29) is 18.3 Å². The summed E-state index contributed by atoms with van der Waals surface area (Å²) in [4.78, 5) is 12.2. The van der Waals surface area contributed by atoms with Gasteiger partial charge in [-0.3, -0.25) is 9.36 Å². The minimum Gasteiger partial charge on any atom is -0.486 e. The normalized spacial score (nSPS) is 10.6. The Labute approximate surface area is 185 Å². The highest BCUT2D eigenvalue weighted by molar-refractivity contribution is 7.99. The minimum atomic E-state index is -0.0388. The Kier molecular flexibility index (Phi) is 8.35. The number of hydrogen-bond acceptors (Lipinski definition) is 5. The van der Waals surface area contributed by atoms with Gasteiger partial charge in [-0.15, -0.1) is 16.8 Å². The first-order valence-electron chi connectivity index (χ1n) is 9.50. The quantitative estimate of drug-likeness (QED) is 0.357. The van der Waals surface area contributed by atoms with Crippen molar-refractivity contribution in [3.8, 4) is 5.75 Å². The van der Waals surface area contributed by atoms with Crippen LogP contribution in [0.5, 0.6) is 5.75 Å². The van der Waals surface area contributed by atoms with Crippen LogP contribution in [0, 0.1) is 0 Å². The third-order valence-electron chi connectivity index (χ3n) is 4.20. The molecule has 2 aromatic carbocycles. The van der Waals surface area contributed by atoms with Crippen LogP contribution >= 0.6 is 23.4 Å². The number of benzene rings is 2. The molecule has 0 saturated carbocycles. The summed E-state index contributed by atoms with van der Waals surface area (Å²) >= 11 is 7.24. The van der Waals surface area contributed by atoms with Gasteiger partial charge in [0.2, 0.25) is 5.91 Å². The Balaban J connectivity index is 1.50. The van der Waals surface area contributed by atoms with E-state index in [0.29, 0.717) is 34.8 Å². The van der Waals surface area contributed by atoms with Crippen molar-refractivity contribution in [3.63, 3.8) is 0 Å². The summed E-state index contributed by atoms with van der Waals surface area (Å²) < 4.78 is 7.66. The number of nitrogens with zero attached hydrogens (tertiary/aromatic N) is 3. The highest BCUT2D eigenvalue weighted by atomic mass is 35.5. The number of ether oxygens (including phenoxy) is 1. The minimum absolute atomic E-state index is 0.0388. The lowest BCUT2D eigenvalue weighted by molar-refractivity contribution is -0.118. The molecule has 1 amide bonds. The second-order valence-corrected chi connectivity index (χ2v) is 7.79. The summed E-state index contributed by atoms with van der Waals surface area (Å²) in [6, 6.07) is 17.2. The van der Waals surface area contributed by atoms with Crippen molar-refractivity contribution >= 4 is 29.3 Å². The van der Waals surface area contributed by atoms with E-state index >= 15 is 0 Å². The van der Waals surface area contributed by atoms with Crippen LogP contribution < -0.4 is 10.1 Å². The molecule has 3 rings (SSSR count). The summed E-state index contributed by atoms with van der Waals surface area (Å²) in [6.45, 7) is 5.18. The van der Waals surface area contributed by atoms with Gasteiger partial charge in [-0.2, -0.15) is 0 Å². The fraction of sp³-hybridized carbons (Fsp3) is 0.227. The standard InChI is InChI=1S/C22H23ClN4O2S/c1-2-14-27-20(15-29-19-10-8-18(23)9-11-19)25-26-22(27)30-16-21(28)24-13-12-17-6-4-3-5-7-17/h2-11H,1,12-16H2,(H,24,28). The van der Waals surface area contributed by atoms with E-state index in [2.05, 4.69) is 22.1 Å². The lowest BCUT2D eigenvalue weighted by atomic mass is 10.1. The molecular weight excluding hydrogens is 420 g/mol. The number of carbonyl (C=O) groups is 1. The maximum atomic E-state index is 12.2. The van der Waals surface area contributed by atoms with Crippen LogP contribution in [0.3, 0.4) is 0 Å². The predicted octanol–water partition coefficient (Wildman–Crippen LogP) is 4.15. The monoisotopic (exact) mass is 442 g/mol. The van der Waals surface area contributed by atoms with E-state index in [4.69, 9.17) is 16.3 Å². The van der Waals surface area contributed by atoms with E-state index in [1.807, 2.05) is 34.9 Å². The van der Waals surface area contributed by atoms with Gasteiger partial charge in [0.25, 0.3) is 0 Å². The SMILES string of the molecule is C=CCn1c(COc2ccc(Cl)cc2)nnc1SCC(=O)NCCc1ccccc1. The van der Waals surface area contributed by atoms with Crippen LogP contribution in [0.15, 0.2) is 72.4 Å². The molecule has 0 radical (unpaired) electrons. The molecule has 0 aliphatic heterocycles. The maximum absolute atomic E-state index is 12.2. The van der Waals surface area contributed by atoms with E-state index < -0.39 is 0 Å². The molecule has 0 saturated heterocycles. The molecule has 1 heterocycles. The lowest BCUT2D eigenvalue weighted by Gasteiger charge is -2.09. The van der Waals surface area contributed by atoms with E-state index in [9.17, 15) is 4.79 Å². The van der Waals surface area contributed by atoms with Crippen molar-refractivity contribution in [2.75, 3.05) is 12.3 Å². The average Bonchev–Trinajstić information content (AvgIpc) is 3.14. The highest BCUT2D eigenvalue weighted by Crippen LogP contribution is 2.20. The number of hydrogen-bond donors (Lipinski definition) is 1. The zero-order valence-corrected chi connectivity index (χ0v) is 18.0. The van der Waals surface area contributed by atoms with Crippen molar-refractivity contribution in [2.45, 2.75) is 24.7 Å². The molecule has 0 aliphatic carbocycles. The molecule has 0 spiro atoms. The van der Waals surface area contributed by atoms with Crippen LogP contribution in [-0.2, 0) is 24.4 Å². The third kappa shape index (κ3) is 6.64. The Morgan fingerprint density at radius 1 is 1.17 bits per heavy atom. The summed E-state index contributed by atoms with van der Waals surface area (Å²) in [5.41, 5.74) is 1.20. The predicted molar refractivity (Wildman–Crippen MR) is 120 cm³/mol. The molecule has 3 aromatic rings. The molecule has 0 fully saturated rings. The summed E-state index contributed by atoms with van der Waals surface area (Å²) in [5, 5.41) is 12.7. The number of carbonyl (C=O) groups excluding carboxylic acids is 1. The number of thioether (sulfide) groups is 1. The van der Waals surface area contributed by atoms with Gasteiger partial charge in [0.05, 0.1) is 5.75 Å². The summed E-state index contributed by atoms with van der Waals surface area (Å²) in [6.07, 6.45) is 2.56. The highest BCUT2D eigenvalue weighted by Gasteiger charge is 2.14. The van der Waals surface area contributed by atoms with Gasteiger partial charge >= 0.3 is 0 Å². The Morgan fingerprint density at radius 3 is 2.67 bits per heavy atom. The van der Waals surface area contributed by atoms with Gasteiger partial charge in [0, 0.05) is 18.1 Å². The number of halogens is 1. The molecule has 8 heteroatoms. The molecule has 30 heavy (non-hydrogen) atoms. The van der Waals surface area contributed by atoms with E-state index in [0.717, 1.165) is 6.42 Å². The van der Waals surface area contributed by atoms with Crippen molar-refractivity contribution in [2.24, 2.45) is 0 Å². The van der Waals surface area contributed by atoms with Crippen molar-refractivity contribution in [3.05, 3.63) is 83.7 Å². The second kappa shape index (κ2) is 11.4. The third-order valence-corrected chi connectivity index (χ3v) is 5.42. The van der Waals surface area contributed by atoms with Gasteiger partial charge in [-0.25, -0.2) is 0 Å². The number of allylic oxidation sites excluding steroid dienone is 1. The zero-order chi connectivity index (χ0) is 21.2. The fourth-order valence-corrected chi connectivity index (χ4v) is 3.62. The molecular formula is C22H23ClN4O2S. The fourth-order valence-electron chi connectivity index (χ4n) is 2.70. The number of amides is 1. The van der Waals surface area contributed by atoms with Gasteiger partial charge in [0.15, 0.2) is 11.0 Å². The summed E-state index contributed by atoms with van der Waals surface area (Å²) in [5.74, 6) is 1.58. The molecule has 156 valence electrons. The molecule has 1 aromatic heterocycles. The first-order chi connectivity index (χ1) is 14.7. The Hall–Kier alpha value is -2.77. The van der Waals surface area contributed by atoms with Crippen LogP contribution in [0.4, 0.5) is 0 Å². The van der Waals surface area contributed by atoms with Crippen molar-refractivity contribution in [1.82, 2.24) is 20.1 Å². The van der Waals surface area contributed by atoms with Crippen molar-refractivity contribution in [1.29, 1.82) is 0 Å². The smallest absolute Gasteiger partial charge is 0.230 e. The molecule has 1 N–H and O–H groups in total. The van der Waals surface area contributed by atoms with Crippen LogP contribution in [-0.4, -0.2) is 33.0 Å². The second-order valence-electron chi connectivity index (χ2n) is 6.41. The number of aromatic nitrogens is 3. The molecule has 0 bridgehead atoms. The number of nitrogens with one attached hydrogen (secondary N) is 1. The Morgan fingerprint density at radius 2 is 1.93 bits per heavy atom. The van der Waals surface area contributed by atoms with E-state index in [1.165, 1.54) is 17.3 Å². The van der Waals surface area contributed by atoms with Crippen LogP contribution in [0.25, 0.3) is 0 Å². The molecule has 0 atom stereocenters. The molecule has 6 nitrogen and oxygen atoms in total. The molecule has 0 aliphatic rings. The van der Waals surface area contributed by atoms with E-state index in [1.54, 1.807) is 30.3 Å². The van der Waals surface area contributed by atoms with Gasteiger partial charge in [-0.1, -0.05) is 59.8 Å². The zero-order valence-electron chi connectivity index (χ0n) is 16.5. The maximum Gasteiger partial charge on any atom is 0.230 e. The van der Waals surface area contributed by atoms with Crippen LogP contribution in [0.1, 0.15) is 11.4 Å². The summed E-state index contributed by atoms with van der Waals surface area (Å²) in [7, 11) is 0.